The van der Waals surface area contributed by atoms with Gasteiger partial charge in [0.05, 0.1) is 37.4 Å². The van der Waals surface area contributed by atoms with Crippen molar-refractivity contribution < 1.29 is 14.2 Å². The van der Waals surface area contributed by atoms with E-state index in [1.54, 1.807) is 20.3 Å². The van der Waals surface area contributed by atoms with Gasteiger partial charge in [0.25, 0.3) is 0 Å². The Morgan fingerprint density at radius 3 is 2.43 bits per heavy atom. The Labute approximate surface area is 164 Å². The first kappa shape index (κ1) is 19.3. The van der Waals surface area contributed by atoms with Crippen LogP contribution in [0.3, 0.4) is 0 Å². The molecule has 0 unspecified atom stereocenters. The van der Waals surface area contributed by atoms with Gasteiger partial charge in [0.1, 0.15) is 6.07 Å². The quantitative estimate of drug-likeness (QED) is 0.569. The highest BCUT2D eigenvalue weighted by atomic mass is 16.5. The number of methoxy groups -OCH3 is 2. The van der Waals surface area contributed by atoms with Crippen LogP contribution in [0, 0.1) is 11.3 Å². The highest BCUT2D eigenvalue weighted by Crippen LogP contribution is 2.39. The molecule has 1 aromatic heterocycles. The Balaban J connectivity index is 2.09. The van der Waals surface area contributed by atoms with Crippen LogP contribution < -0.4 is 14.2 Å². The molecular weight excluding hydrogens is 354 g/mol. The number of rotatable bonds is 7. The predicted molar refractivity (Wildman–Crippen MR) is 110 cm³/mol. The molecule has 6 nitrogen and oxygen atoms in total. The summed E-state index contributed by atoms with van der Waals surface area (Å²) >= 11 is 0. The number of allylic oxidation sites excluding steroid dienone is 1. The van der Waals surface area contributed by atoms with Gasteiger partial charge in [-0.3, -0.25) is 0 Å². The third kappa shape index (κ3) is 3.65. The van der Waals surface area contributed by atoms with Crippen LogP contribution in [-0.2, 0) is 7.05 Å². The zero-order chi connectivity index (χ0) is 20.1. The summed E-state index contributed by atoms with van der Waals surface area (Å²) in [6, 6.07) is 13.7. The maximum Gasteiger partial charge on any atom is 0.203 e. The second kappa shape index (κ2) is 8.49. The van der Waals surface area contributed by atoms with Crippen LogP contribution in [0.2, 0.25) is 0 Å². The number of aromatic nitrogens is 2. The van der Waals surface area contributed by atoms with Crippen molar-refractivity contribution in [3.8, 4) is 23.3 Å². The molecule has 144 valence electrons. The zero-order valence-electron chi connectivity index (χ0n) is 16.5. The molecule has 3 aromatic rings. The number of hydrogen-bond acceptors (Lipinski definition) is 5. The molecule has 0 fully saturated rings. The molecule has 1 heterocycles. The number of fused-ring (bicyclic) bond motifs is 1. The molecule has 0 amide bonds. The smallest absolute Gasteiger partial charge is 0.203 e. The van der Waals surface area contributed by atoms with Crippen molar-refractivity contribution in [3.63, 3.8) is 0 Å². The number of benzene rings is 2. The van der Waals surface area contributed by atoms with Gasteiger partial charge in [0.15, 0.2) is 17.3 Å². The maximum atomic E-state index is 9.76. The Hall–Kier alpha value is -3.46. The molecule has 0 saturated carbocycles. The fourth-order valence-corrected chi connectivity index (χ4v) is 3.03. The zero-order valence-corrected chi connectivity index (χ0v) is 16.5. The monoisotopic (exact) mass is 377 g/mol. The highest BCUT2D eigenvalue weighted by molar-refractivity contribution is 5.91. The van der Waals surface area contributed by atoms with Crippen LogP contribution in [0.25, 0.3) is 22.7 Å². The SMILES string of the molecule is CCCOc1c(OC)cc(/C=C(/C#N)c2nc3ccccc3n2C)cc1OC. The van der Waals surface area contributed by atoms with Gasteiger partial charge in [-0.1, -0.05) is 19.1 Å². The van der Waals surface area contributed by atoms with E-state index in [9.17, 15) is 5.26 Å². The number of aryl methyl sites for hydroxylation is 1. The lowest BCUT2D eigenvalue weighted by molar-refractivity contribution is 0.275. The molecule has 0 spiro atoms. The summed E-state index contributed by atoms with van der Waals surface area (Å²) in [5.74, 6) is 2.28. The van der Waals surface area contributed by atoms with Gasteiger partial charge in [-0.25, -0.2) is 4.98 Å². The lowest BCUT2D eigenvalue weighted by Crippen LogP contribution is -2.01. The number of para-hydroxylation sites is 2. The van der Waals surface area contributed by atoms with Crippen molar-refractivity contribution in [2.75, 3.05) is 20.8 Å². The van der Waals surface area contributed by atoms with E-state index in [1.807, 2.05) is 54.9 Å². The van der Waals surface area contributed by atoms with Crippen molar-refractivity contribution in [3.05, 3.63) is 47.8 Å². The number of ether oxygens (including phenoxy) is 3. The summed E-state index contributed by atoms with van der Waals surface area (Å²) in [6.45, 7) is 2.59. The minimum atomic E-state index is 0.449. The Morgan fingerprint density at radius 2 is 1.86 bits per heavy atom. The molecular formula is C22H23N3O3. The lowest BCUT2D eigenvalue weighted by atomic mass is 10.1. The maximum absolute atomic E-state index is 9.76. The molecule has 0 N–H and O–H groups in total. The molecule has 6 heteroatoms. The molecule has 0 aliphatic rings. The summed E-state index contributed by atoms with van der Waals surface area (Å²) in [6.07, 6.45) is 2.65. The fourth-order valence-electron chi connectivity index (χ4n) is 3.03. The van der Waals surface area contributed by atoms with Crippen LogP contribution in [-0.4, -0.2) is 30.4 Å². The van der Waals surface area contributed by atoms with E-state index in [1.165, 1.54) is 0 Å². The fraction of sp³-hybridized carbons (Fsp3) is 0.273. The van der Waals surface area contributed by atoms with Gasteiger partial charge in [-0.2, -0.15) is 5.26 Å². The second-order valence-electron chi connectivity index (χ2n) is 6.26. The van der Waals surface area contributed by atoms with Crippen LogP contribution in [0.4, 0.5) is 0 Å². The van der Waals surface area contributed by atoms with E-state index in [0.717, 1.165) is 23.0 Å². The van der Waals surface area contributed by atoms with E-state index >= 15 is 0 Å². The van der Waals surface area contributed by atoms with Gasteiger partial charge in [0.2, 0.25) is 5.75 Å². The minimum absolute atomic E-state index is 0.449. The number of nitriles is 1. The van der Waals surface area contributed by atoms with Crippen molar-refractivity contribution >= 4 is 22.7 Å². The largest absolute Gasteiger partial charge is 0.493 e. The average Bonchev–Trinajstić information content (AvgIpc) is 3.06. The summed E-state index contributed by atoms with van der Waals surface area (Å²) in [5.41, 5.74) is 3.03. The van der Waals surface area contributed by atoms with E-state index < -0.39 is 0 Å². The summed E-state index contributed by atoms with van der Waals surface area (Å²) < 4.78 is 18.7. The Morgan fingerprint density at radius 1 is 1.18 bits per heavy atom. The normalized spacial score (nSPS) is 11.3. The Bertz CT molecular complexity index is 1040. The number of imidazole rings is 1. The Kier molecular flexibility index (Phi) is 5.85. The summed E-state index contributed by atoms with van der Waals surface area (Å²) in [5, 5.41) is 9.76. The number of nitrogens with zero attached hydrogens (tertiary/aromatic N) is 3. The third-order valence-corrected chi connectivity index (χ3v) is 4.39. The predicted octanol–water partition coefficient (Wildman–Crippen LogP) is 4.44. The molecule has 28 heavy (non-hydrogen) atoms. The summed E-state index contributed by atoms with van der Waals surface area (Å²) in [4.78, 5) is 4.61. The van der Waals surface area contributed by atoms with Crippen LogP contribution >= 0.6 is 0 Å². The van der Waals surface area contributed by atoms with Gasteiger partial charge in [0, 0.05) is 7.05 Å². The van der Waals surface area contributed by atoms with E-state index in [-0.39, 0.29) is 0 Å². The number of hydrogen-bond donors (Lipinski definition) is 0. The van der Waals surface area contributed by atoms with E-state index in [2.05, 4.69) is 11.1 Å². The molecule has 0 saturated heterocycles. The van der Waals surface area contributed by atoms with Crippen molar-refractivity contribution in [1.82, 2.24) is 9.55 Å². The van der Waals surface area contributed by atoms with Gasteiger partial charge >= 0.3 is 0 Å². The van der Waals surface area contributed by atoms with Crippen molar-refractivity contribution in [2.45, 2.75) is 13.3 Å². The molecule has 0 radical (unpaired) electrons. The first-order valence-electron chi connectivity index (χ1n) is 9.05. The lowest BCUT2D eigenvalue weighted by Gasteiger charge is -2.15. The van der Waals surface area contributed by atoms with Crippen LogP contribution in [0.1, 0.15) is 24.7 Å². The average molecular weight is 377 g/mol. The topological polar surface area (TPSA) is 69.3 Å². The summed E-state index contributed by atoms with van der Waals surface area (Å²) in [7, 11) is 5.06. The molecule has 0 atom stereocenters. The third-order valence-electron chi connectivity index (χ3n) is 4.39. The van der Waals surface area contributed by atoms with Gasteiger partial charge in [-0.15, -0.1) is 0 Å². The van der Waals surface area contributed by atoms with Gasteiger partial charge < -0.3 is 18.8 Å². The van der Waals surface area contributed by atoms with Crippen LogP contribution in [0.15, 0.2) is 36.4 Å². The van der Waals surface area contributed by atoms with Crippen molar-refractivity contribution in [2.24, 2.45) is 7.05 Å². The first-order chi connectivity index (χ1) is 13.6. The first-order valence-corrected chi connectivity index (χ1v) is 9.05. The molecule has 2 aromatic carbocycles. The minimum Gasteiger partial charge on any atom is -0.493 e. The highest BCUT2D eigenvalue weighted by Gasteiger charge is 2.16. The van der Waals surface area contributed by atoms with Crippen LogP contribution in [0.5, 0.6) is 17.2 Å². The molecule has 0 bridgehead atoms. The van der Waals surface area contributed by atoms with E-state index in [4.69, 9.17) is 14.2 Å². The van der Waals surface area contributed by atoms with E-state index in [0.29, 0.717) is 35.3 Å². The standard InChI is InChI=1S/C22H23N3O3/c1-5-10-28-21-19(26-3)12-15(13-20(21)27-4)11-16(14-23)22-24-17-8-6-7-9-18(17)25(22)2/h6-9,11-13H,5,10H2,1-4H3/b16-11-. The second-order valence-corrected chi connectivity index (χ2v) is 6.26. The molecule has 0 aliphatic heterocycles. The molecule has 0 aliphatic carbocycles. The molecule has 3 rings (SSSR count). The van der Waals surface area contributed by atoms with Crippen molar-refractivity contribution in [1.29, 1.82) is 5.26 Å². The van der Waals surface area contributed by atoms with Gasteiger partial charge in [-0.05, 0) is 42.3 Å².